The number of hydrogen-bond donors (Lipinski definition) is 1. The molecule has 1 aromatic rings. The molecule has 0 bridgehead atoms. The van der Waals surface area contributed by atoms with Crippen LogP contribution in [0.2, 0.25) is 5.02 Å². The molecule has 0 spiro atoms. The number of nitriles is 1. The van der Waals surface area contributed by atoms with Crippen molar-refractivity contribution in [3.05, 3.63) is 28.3 Å². The average molecular weight is 226 g/mol. The first-order valence-corrected chi connectivity index (χ1v) is 4.58. The molecule has 0 atom stereocenters. The van der Waals surface area contributed by atoms with Gasteiger partial charge in [-0.15, -0.1) is 0 Å². The Morgan fingerprint density at radius 1 is 1.67 bits per heavy atom. The van der Waals surface area contributed by atoms with E-state index in [1.807, 2.05) is 0 Å². The van der Waals surface area contributed by atoms with Gasteiger partial charge >= 0.3 is 5.97 Å². The SMILES string of the molecule is CCOC(=O)c1ccc(Cl)c(O)c1C#N. The second kappa shape index (κ2) is 4.67. The van der Waals surface area contributed by atoms with Crippen molar-refractivity contribution in [3.63, 3.8) is 0 Å². The van der Waals surface area contributed by atoms with E-state index < -0.39 is 11.7 Å². The second-order valence-electron chi connectivity index (χ2n) is 2.65. The monoisotopic (exact) mass is 225 g/mol. The van der Waals surface area contributed by atoms with Gasteiger partial charge in [0, 0.05) is 0 Å². The Morgan fingerprint density at radius 3 is 2.87 bits per heavy atom. The number of phenolic OH excluding ortho intramolecular Hbond substituents is 1. The third-order valence-electron chi connectivity index (χ3n) is 1.74. The lowest BCUT2D eigenvalue weighted by Crippen LogP contribution is -2.07. The van der Waals surface area contributed by atoms with Crippen LogP contribution in [0.1, 0.15) is 22.8 Å². The van der Waals surface area contributed by atoms with Crippen molar-refractivity contribution in [2.45, 2.75) is 6.92 Å². The molecule has 5 heteroatoms. The molecule has 0 radical (unpaired) electrons. The van der Waals surface area contributed by atoms with E-state index in [4.69, 9.17) is 21.6 Å². The summed E-state index contributed by atoms with van der Waals surface area (Å²) in [5.74, 6) is -1.05. The highest BCUT2D eigenvalue weighted by Gasteiger charge is 2.17. The molecule has 0 aromatic heterocycles. The average Bonchev–Trinajstić information content (AvgIpc) is 2.22. The Labute approximate surface area is 91.7 Å². The predicted octanol–water partition coefficient (Wildman–Crippen LogP) is 2.09. The Bertz CT molecular complexity index is 437. The normalized spacial score (nSPS) is 9.40. The van der Waals surface area contributed by atoms with Gasteiger partial charge in [0.05, 0.1) is 17.2 Å². The third-order valence-corrected chi connectivity index (χ3v) is 2.04. The lowest BCUT2D eigenvalue weighted by atomic mass is 10.1. The number of nitrogens with zero attached hydrogens (tertiary/aromatic N) is 1. The van der Waals surface area contributed by atoms with E-state index in [0.29, 0.717) is 0 Å². The van der Waals surface area contributed by atoms with E-state index >= 15 is 0 Å². The van der Waals surface area contributed by atoms with Crippen LogP contribution in [0.25, 0.3) is 0 Å². The van der Waals surface area contributed by atoms with Crippen LogP contribution in [-0.4, -0.2) is 17.7 Å². The lowest BCUT2D eigenvalue weighted by Gasteiger charge is -2.05. The number of halogens is 1. The maximum atomic E-state index is 11.4. The van der Waals surface area contributed by atoms with Gasteiger partial charge in [-0.25, -0.2) is 4.79 Å². The number of aromatic hydroxyl groups is 1. The van der Waals surface area contributed by atoms with E-state index in [-0.39, 0.29) is 22.8 Å². The number of rotatable bonds is 2. The molecule has 15 heavy (non-hydrogen) atoms. The molecule has 0 aliphatic carbocycles. The standard InChI is InChI=1S/C10H8ClNO3/c1-2-15-10(14)6-3-4-8(11)9(13)7(6)5-12/h3-4,13H,2H2,1H3. The summed E-state index contributed by atoms with van der Waals surface area (Å²) in [5, 5.41) is 18.2. The summed E-state index contributed by atoms with van der Waals surface area (Å²) in [6.45, 7) is 1.85. The van der Waals surface area contributed by atoms with Crippen LogP contribution in [-0.2, 0) is 4.74 Å². The van der Waals surface area contributed by atoms with Crippen LogP contribution in [0.5, 0.6) is 5.75 Å². The first-order chi connectivity index (χ1) is 7.11. The van der Waals surface area contributed by atoms with Crippen molar-refractivity contribution in [2.24, 2.45) is 0 Å². The fourth-order valence-corrected chi connectivity index (χ4v) is 1.22. The molecule has 1 N–H and O–H groups in total. The second-order valence-corrected chi connectivity index (χ2v) is 3.06. The number of carbonyl (C=O) groups excluding carboxylic acids is 1. The van der Waals surface area contributed by atoms with E-state index in [1.165, 1.54) is 12.1 Å². The van der Waals surface area contributed by atoms with Crippen LogP contribution >= 0.6 is 11.6 Å². The smallest absolute Gasteiger partial charge is 0.339 e. The highest BCUT2D eigenvalue weighted by atomic mass is 35.5. The van der Waals surface area contributed by atoms with Crippen molar-refractivity contribution < 1.29 is 14.6 Å². The zero-order valence-corrected chi connectivity index (χ0v) is 8.71. The summed E-state index contributed by atoms with van der Waals surface area (Å²) in [7, 11) is 0. The lowest BCUT2D eigenvalue weighted by molar-refractivity contribution is 0.0525. The first kappa shape index (κ1) is 11.3. The number of phenols is 1. The molecule has 0 fully saturated rings. The molecular formula is C10H8ClNO3. The van der Waals surface area contributed by atoms with Gasteiger partial charge in [0.1, 0.15) is 11.6 Å². The molecule has 0 aliphatic heterocycles. The largest absolute Gasteiger partial charge is 0.505 e. The molecule has 78 valence electrons. The zero-order valence-electron chi connectivity index (χ0n) is 7.95. The molecule has 0 amide bonds. The Morgan fingerprint density at radius 2 is 2.33 bits per heavy atom. The van der Waals surface area contributed by atoms with E-state index in [2.05, 4.69) is 0 Å². The third kappa shape index (κ3) is 2.20. The summed E-state index contributed by atoms with van der Waals surface area (Å²) < 4.78 is 4.72. The quantitative estimate of drug-likeness (QED) is 0.783. The first-order valence-electron chi connectivity index (χ1n) is 4.20. The Kier molecular flexibility index (Phi) is 3.53. The fraction of sp³-hybridized carbons (Fsp3) is 0.200. The van der Waals surface area contributed by atoms with Gasteiger partial charge in [-0.3, -0.25) is 0 Å². The van der Waals surface area contributed by atoms with Gasteiger partial charge in [0.25, 0.3) is 0 Å². The Hall–Kier alpha value is -1.73. The zero-order chi connectivity index (χ0) is 11.4. The molecule has 0 aliphatic rings. The minimum atomic E-state index is -0.652. The number of hydrogen-bond acceptors (Lipinski definition) is 4. The summed E-state index contributed by atoms with van der Waals surface area (Å²) >= 11 is 5.59. The van der Waals surface area contributed by atoms with Crippen LogP contribution < -0.4 is 0 Å². The minimum absolute atomic E-state index is 0.0150. The van der Waals surface area contributed by atoms with E-state index in [0.717, 1.165) is 0 Å². The van der Waals surface area contributed by atoms with Crippen molar-refractivity contribution in [1.29, 1.82) is 5.26 Å². The van der Waals surface area contributed by atoms with Gasteiger partial charge in [0.2, 0.25) is 0 Å². The van der Waals surface area contributed by atoms with Gasteiger partial charge in [-0.2, -0.15) is 5.26 Å². The molecule has 4 nitrogen and oxygen atoms in total. The van der Waals surface area contributed by atoms with Gasteiger partial charge in [-0.05, 0) is 19.1 Å². The number of ether oxygens (including phenoxy) is 1. The van der Waals surface area contributed by atoms with E-state index in [1.54, 1.807) is 13.0 Å². The molecule has 1 aromatic carbocycles. The Balaban J connectivity index is 3.26. The van der Waals surface area contributed by atoms with Crippen LogP contribution in [0, 0.1) is 11.3 Å². The van der Waals surface area contributed by atoms with Crippen molar-refractivity contribution in [3.8, 4) is 11.8 Å². The van der Waals surface area contributed by atoms with Gasteiger partial charge in [0.15, 0.2) is 5.75 Å². The molecular weight excluding hydrogens is 218 g/mol. The van der Waals surface area contributed by atoms with Gasteiger partial charge < -0.3 is 9.84 Å². The molecule has 0 saturated heterocycles. The van der Waals surface area contributed by atoms with E-state index in [9.17, 15) is 9.90 Å². The molecule has 0 heterocycles. The summed E-state index contributed by atoms with van der Waals surface area (Å²) in [6, 6.07) is 4.39. The number of benzene rings is 1. The van der Waals surface area contributed by atoms with Crippen LogP contribution in [0.4, 0.5) is 0 Å². The van der Waals surface area contributed by atoms with Crippen molar-refractivity contribution in [2.75, 3.05) is 6.61 Å². The summed E-state index contributed by atoms with van der Waals surface area (Å²) in [4.78, 5) is 11.4. The molecule has 1 rings (SSSR count). The topological polar surface area (TPSA) is 70.3 Å². The van der Waals surface area contributed by atoms with Crippen LogP contribution in [0.3, 0.4) is 0 Å². The molecule has 0 saturated carbocycles. The summed E-state index contributed by atoms with van der Waals surface area (Å²) in [5.41, 5.74) is -0.151. The predicted molar refractivity (Wildman–Crippen MR) is 53.8 cm³/mol. The van der Waals surface area contributed by atoms with Crippen LogP contribution in [0.15, 0.2) is 12.1 Å². The van der Waals surface area contributed by atoms with Gasteiger partial charge in [-0.1, -0.05) is 11.6 Å². The maximum absolute atomic E-state index is 11.4. The fourth-order valence-electron chi connectivity index (χ4n) is 1.06. The number of carbonyl (C=O) groups is 1. The highest BCUT2D eigenvalue weighted by molar-refractivity contribution is 6.32. The summed E-state index contributed by atoms with van der Waals surface area (Å²) in [6.07, 6.45) is 0. The van der Waals surface area contributed by atoms with Crippen molar-refractivity contribution >= 4 is 17.6 Å². The highest BCUT2D eigenvalue weighted by Crippen LogP contribution is 2.29. The number of esters is 1. The maximum Gasteiger partial charge on any atom is 0.339 e. The minimum Gasteiger partial charge on any atom is -0.505 e. The molecule has 0 unspecified atom stereocenters. The van der Waals surface area contributed by atoms with Crippen molar-refractivity contribution in [1.82, 2.24) is 0 Å².